The molecule has 0 saturated carbocycles. The number of benzene rings is 1. The highest BCUT2D eigenvalue weighted by Crippen LogP contribution is 2.29. The van der Waals surface area contributed by atoms with Crippen molar-refractivity contribution in [2.24, 2.45) is 0 Å². The molecule has 104 valence electrons. The van der Waals surface area contributed by atoms with Crippen molar-refractivity contribution in [3.05, 3.63) is 46.0 Å². The van der Waals surface area contributed by atoms with Crippen LogP contribution in [0.25, 0.3) is 4.96 Å². The number of thiazole rings is 1. The molecule has 1 N–H and O–H groups in total. The number of nitrogens with zero attached hydrogens (tertiary/aromatic N) is 2. The van der Waals surface area contributed by atoms with Crippen LogP contribution in [-0.4, -0.2) is 15.9 Å². The van der Waals surface area contributed by atoms with Crippen molar-refractivity contribution in [1.29, 1.82) is 0 Å². The lowest BCUT2D eigenvalue weighted by molar-refractivity contribution is 0.456. The molecular formula is C14H14BrN3OS. The maximum absolute atomic E-state index is 5.94. The highest BCUT2D eigenvalue weighted by molar-refractivity contribution is 9.10. The number of imidazole rings is 1. The van der Waals surface area contributed by atoms with Crippen LogP contribution in [-0.2, 0) is 6.54 Å². The molecule has 4 nitrogen and oxygen atoms in total. The first-order chi connectivity index (χ1) is 9.78. The minimum atomic E-state index is 0.663. The Morgan fingerprint density at radius 3 is 3.15 bits per heavy atom. The molecule has 2 heterocycles. The Labute approximate surface area is 129 Å². The Kier molecular flexibility index (Phi) is 4.05. The van der Waals surface area contributed by atoms with E-state index in [9.17, 15) is 0 Å². The molecule has 0 radical (unpaired) electrons. The third-order valence-corrected chi connectivity index (χ3v) is 4.13. The number of rotatable bonds is 5. The van der Waals surface area contributed by atoms with Crippen molar-refractivity contribution in [3.8, 4) is 11.6 Å². The van der Waals surface area contributed by atoms with Gasteiger partial charge >= 0.3 is 0 Å². The van der Waals surface area contributed by atoms with Gasteiger partial charge in [-0.15, -0.1) is 11.3 Å². The van der Waals surface area contributed by atoms with E-state index in [0.717, 1.165) is 34.0 Å². The molecule has 1 aromatic carbocycles. The van der Waals surface area contributed by atoms with Crippen LogP contribution in [0.3, 0.4) is 0 Å². The number of ether oxygens (including phenoxy) is 1. The van der Waals surface area contributed by atoms with Crippen molar-refractivity contribution in [3.63, 3.8) is 0 Å². The van der Waals surface area contributed by atoms with E-state index in [1.165, 1.54) is 0 Å². The number of nitrogens with one attached hydrogen (secondary N) is 1. The Morgan fingerprint density at radius 1 is 1.45 bits per heavy atom. The molecule has 0 unspecified atom stereocenters. The number of halogens is 1. The maximum Gasteiger partial charge on any atom is 0.243 e. The first kappa shape index (κ1) is 13.6. The van der Waals surface area contributed by atoms with E-state index < -0.39 is 0 Å². The van der Waals surface area contributed by atoms with E-state index in [1.54, 1.807) is 11.3 Å². The molecule has 0 spiro atoms. The van der Waals surface area contributed by atoms with Gasteiger partial charge in [-0.2, -0.15) is 4.98 Å². The summed E-state index contributed by atoms with van der Waals surface area (Å²) < 4.78 is 9.00. The molecule has 0 fully saturated rings. The van der Waals surface area contributed by atoms with Crippen molar-refractivity contribution in [2.75, 3.05) is 6.54 Å². The lowest BCUT2D eigenvalue weighted by atomic mass is 10.3. The van der Waals surface area contributed by atoms with Crippen LogP contribution in [0.2, 0.25) is 0 Å². The number of aromatic nitrogens is 2. The summed E-state index contributed by atoms with van der Waals surface area (Å²) in [7, 11) is 0. The first-order valence-electron chi connectivity index (χ1n) is 6.36. The average molecular weight is 352 g/mol. The fraction of sp³-hybridized carbons (Fsp3) is 0.214. The fourth-order valence-electron chi connectivity index (χ4n) is 1.94. The van der Waals surface area contributed by atoms with Gasteiger partial charge < -0.3 is 10.1 Å². The summed E-state index contributed by atoms with van der Waals surface area (Å²) in [5, 5.41) is 5.35. The number of fused-ring (bicyclic) bond motifs is 1. The third kappa shape index (κ3) is 2.72. The summed E-state index contributed by atoms with van der Waals surface area (Å²) in [6.07, 6.45) is 2.02. The van der Waals surface area contributed by atoms with Gasteiger partial charge in [-0.1, -0.05) is 28.9 Å². The second kappa shape index (κ2) is 5.95. The highest BCUT2D eigenvalue weighted by atomic mass is 79.9. The molecule has 0 saturated heterocycles. The molecule has 6 heteroatoms. The SMILES string of the molecule is CCNCc1c(Oc2cccc(Br)c2)nc2sccn12. The second-order valence-corrected chi connectivity index (χ2v) is 6.05. The lowest BCUT2D eigenvalue weighted by Gasteiger charge is -2.07. The van der Waals surface area contributed by atoms with E-state index in [4.69, 9.17) is 4.74 Å². The van der Waals surface area contributed by atoms with Gasteiger partial charge in [0.25, 0.3) is 0 Å². The van der Waals surface area contributed by atoms with Crippen LogP contribution in [0.4, 0.5) is 0 Å². The number of hydrogen-bond acceptors (Lipinski definition) is 4. The van der Waals surface area contributed by atoms with Gasteiger partial charge in [0, 0.05) is 22.6 Å². The topological polar surface area (TPSA) is 38.6 Å². The molecule has 20 heavy (non-hydrogen) atoms. The van der Waals surface area contributed by atoms with E-state index >= 15 is 0 Å². The maximum atomic E-state index is 5.94. The Morgan fingerprint density at radius 2 is 2.35 bits per heavy atom. The Balaban J connectivity index is 1.95. The van der Waals surface area contributed by atoms with E-state index in [-0.39, 0.29) is 0 Å². The minimum absolute atomic E-state index is 0.663. The Hall–Kier alpha value is -1.37. The molecule has 3 rings (SSSR count). The van der Waals surface area contributed by atoms with Gasteiger partial charge in [-0.3, -0.25) is 4.40 Å². The van der Waals surface area contributed by atoms with Crippen LogP contribution in [0, 0.1) is 0 Å². The van der Waals surface area contributed by atoms with Gasteiger partial charge in [0.2, 0.25) is 5.88 Å². The Bertz CT molecular complexity index is 722. The largest absolute Gasteiger partial charge is 0.437 e. The van der Waals surface area contributed by atoms with Gasteiger partial charge in [0.1, 0.15) is 11.4 Å². The fourth-order valence-corrected chi connectivity index (χ4v) is 3.04. The monoisotopic (exact) mass is 351 g/mol. The van der Waals surface area contributed by atoms with Crippen molar-refractivity contribution in [2.45, 2.75) is 13.5 Å². The summed E-state index contributed by atoms with van der Waals surface area (Å²) in [4.78, 5) is 5.50. The van der Waals surface area contributed by atoms with E-state index in [2.05, 4.69) is 37.6 Å². The molecule has 0 atom stereocenters. The second-order valence-electron chi connectivity index (χ2n) is 4.26. The van der Waals surface area contributed by atoms with Crippen LogP contribution in [0.1, 0.15) is 12.6 Å². The predicted molar refractivity (Wildman–Crippen MR) is 84.7 cm³/mol. The minimum Gasteiger partial charge on any atom is -0.437 e. The van der Waals surface area contributed by atoms with Crippen molar-refractivity contribution < 1.29 is 4.74 Å². The van der Waals surface area contributed by atoms with Crippen LogP contribution >= 0.6 is 27.3 Å². The van der Waals surface area contributed by atoms with Gasteiger partial charge in [-0.05, 0) is 24.7 Å². The molecule has 0 aliphatic heterocycles. The summed E-state index contributed by atoms with van der Waals surface area (Å²) in [5.41, 5.74) is 1.04. The summed E-state index contributed by atoms with van der Waals surface area (Å²) >= 11 is 5.05. The van der Waals surface area contributed by atoms with Crippen LogP contribution in [0.5, 0.6) is 11.6 Å². The van der Waals surface area contributed by atoms with E-state index in [0.29, 0.717) is 5.88 Å². The number of hydrogen-bond donors (Lipinski definition) is 1. The van der Waals surface area contributed by atoms with Gasteiger partial charge in [0.15, 0.2) is 4.96 Å². The molecule has 0 aliphatic rings. The van der Waals surface area contributed by atoms with E-state index in [1.807, 2.05) is 35.8 Å². The van der Waals surface area contributed by atoms with Crippen molar-refractivity contribution >= 4 is 32.2 Å². The van der Waals surface area contributed by atoms with Crippen molar-refractivity contribution in [1.82, 2.24) is 14.7 Å². The van der Waals surface area contributed by atoms with Crippen LogP contribution < -0.4 is 10.1 Å². The first-order valence-corrected chi connectivity index (χ1v) is 8.03. The normalized spacial score (nSPS) is 11.1. The summed E-state index contributed by atoms with van der Waals surface area (Å²) in [6, 6.07) is 7.78. The smallest absolute Gasteiger partial charge is 0.243 e. The van der Waals surface area contributed by atoms with Crippen LogP contribution in [0.15, 0.2) is 40.3 Å². The van der Waals surface area contributed by atoms with Gasteiger partial charge in [0.05, 0.1) is 0 Å². The third-order valence-electron chi connectivity index (χ3n) is 2.88. The lowest BCUT2D eigenvalue weighted by Crippen LogP contribution is -2.13. The molecule has 3 aromatic rings. The predicted octanol–water partition coefficient (Wildman–Crippen LogP) is 4.06. The van der Waals surface area contributed by atoms with Gasteiger partial charge in [-0.25, -0.2) is 0 Å². The zero-order chi connectivity index (χ0) is 13.9. The average Bonchev–Trinajstić information content (AvgIpc) is 2.98. The quantitative estimate of drug-likeness (QED) is 0.753. The molecule has 0 amide bonds. The molecule has 2 aromatic heterocycles. The summed E-state index contributed by atoms with van der Waals surface area (Å²) in [5.74, 6) is 1.44. The summed E-state index contributed by atoms with van der Waals surface area (Å²) in [6.45, 7) is 3.73. The molecule has 0 aliphatic carbocycles. The molecule has 0 bridgehead atoms. The standard InChI is InChI=1S/C14H14BrN3OS/c1-2-16-9-12-13(17-14-18(12)6-7-20-14)19-11-5-3-4-10(15)8-11/h3-8,16H,2,9H2,1H3. The molecular weight excluding hydrogens is 338 g/mol. The highest BCUT2D eigenvalue weighted by Gasteiger charge is 2.14. The zero-order valence-corrected chi connectivity index (χ0v) is 13.4. The zero-order valence-electron chi connectivity index (χ0n) is 11.0.